The van der Waals surface area contributed by atoms with E-state index >= 15 is 0 Å². The van der Waals surface area contributed by atoms with E-state index in [1.54, 1.807) is 0 Å². The van der Waals surface area contributed by atoms with Crippen molar-refractivity contribution in [2.24, 2.45) is 0 Å². The summed E-state index contributed by atoms with van der Waals surface area (Å²) in [6.45, 7) is 16.8. The van der Waals surface area contributed by atoms with Crippen molar-refractivity contribution in [1.29, 1.82) is 0 Å². The van der Waals surface area contributed by atoms with Crippen molar-refractivity contribution in [1.82, 2.24) is 0 Å². The molecule has 0 N–H and O–H groups in total. The minimum atomic E-state index is -0.308. The zero-order chi connectivity index (χ0) is 25.9. The second-order valence-corrected chi connectivity index (χ2v) is 13.1. The molecule has 4 nitrogen and oxygen atoms in total. The molecule has 2 aromatic rings. The van der Waals surface area contributed by atoms with Crippen molar-refractivity contribution in [2.75, 3.05) is 0 Å². The fourth-order valence-electron chi connectivity index (χ4n) is 5.57. The highest BCUT2D eigenvalue weighted by atomic mass is 16.7. The molecular weight excluding hydrogens is 446 g/mol. The molecule has 3 aliphatic rings. The van der Waals surface area contributed by atoms with Gasteiger partial charge in [0.15, 0.2) is 0 Å². The van der Waals surface area contributed by atoms with Gasteiger partial charge in [0.2, 0.25) is 0 Å². The minimum Gasteiger partial charge on any atom is -0.399 e. The molecule has 36 heavy (non-hydrogen) atoms. The molecule has 5 rings (SSSR count). The van der Waals surface area contributed by atoms with Gasteiger partial charge in [0, 0.05) is 0 Å². The molecule has 2 heterocycles. The van der Waals surface area contributed by atoms with Crippen LogP contribution in [0.5, 0.6) is 0 Å². The highest BCUT2D eigenvalue weighted by Crippen LogP contribution is 2.41. The van der Waals surface area contributed by atoms with Crippen LogP contribution in [0, 0.1) is 0 Å². The molecular formula is C30H42B2O4. The van der Waals surface area contributed by atoms with Gasteiger partial charge >= 0.3 is 14.2 Å². The van der Waals surface area contributed by atoms with E-state index in [2.05, 4.69) is 104 Å². The Balaban J connectivity index is 1.17. The van der Waals surface area contributed by atoms with Gasteiger partial charge in [-0.05, 0) is 115 Å². The third kappa shape index (κ3) is 4.71. The van der Waals surface area contributed by atoms with Crippen molar-refractivity contribution in [2.45, 2.75) is 115 Å². The minimum absolute atomic E-state index is 0.292. The molecule has 0 unspecified atom stereocenters. The lowest BCUT2D eigenvalue weighted by atomic mass is 9.73. The van der Waals surface area contributed by atoms with Crippen LogP contribution < -0.4 is 10.9 Å². The summed E-state index contributed by atoms with van der Waals surface area (Å²) >= 11 is 0. The topological polar surface area (TPSA) is 36.9 Å². The van der Waals surface area contributed by atoms with Gasteiger partial charge in [-0.15, -0.1) is 0 Å². The van der Waals surface area contributed by atoms with Crippen LogP contribution in [-0.4, -0.2) is 36.6 Å². The molecule has 2 saturated heterocycles. The molecule has 6 heteroatoms. The zero-order valence-corrected chi connectivity index (χ0v) is 23.4. The molecule has 0 spiro atoms. The van der Waals surface area contributed by atoms with Gasteiger partial charge in [-0.25, -0.2) is 0 Å². The molecule has 192 valence electrons. The van der Waals surface area contributed by atoms with Crippen molar-refractivity contribution < 1.29 is 18.6 Å². The maximum absolute atomic E-state index is 6.22. The second kappa shape index (κ2) is 9.01. The van der Waals surface area contributed by atoms with Crippen LogP contribution in [0.1, 0.15) is 104 Å². The lowest BCUT2D eigenvalue weighted by molar-refractivity contribution is 0.00578. The van der Waals surface area contributed by atoms with Crippen LogP contribution in [0.4, 0.5) is 0 Å². The van der Waals surface area contributed by atoms with Crippen LogP contribution in [0.25, 0.3) is 0 Å². The van der Waals surface area contributed by atoms with E-state index in [1.165, 1.54) is 36.8 Å². The Labute approximate surface area is 218 Å². The lowest BCUT2D eigenvalue weighted by Gasteiger charge is -2.32. The summed E-state index contributed by atoms with van der Waals surface area (Å²) in [5.41, 5.74) is 3.85. The third-order valence-corrected chi connectivity index (χ3v) is 9.59. The summed E-state index contributed by atoms with van der Waals surface area (Å²) < 4.78 is 24.9. The number of rotatable bonds is 4. The van der Waals surface area contributed by atoms with Gasteiger partial charge < -0.3 is 18.6 Å². The molecule has 1 saturated carbocycles. The Bertz CT molecular complexity index is 948. The third-order valence-electron chi connectivity index (χ3n) is 9.59. The van der Waals surface area contributed by atoms with E-state index in [0.29, 0.717) is 11.8 Å². The van der Waals surface area contributed by atoms with Gasteiger partial charge in [-0.1, -0.05) is 48.5 Å². The Morgan fingerprint density at radius 2 is 0.722 bits per heavy atom. The van der Waals surface area contributed by atoms with Crippen LogP contribution >= 0.6 is 0 Å². The average Bonchev–Trinajstić information content (AvgIpc) is 3.19. The first-order valence-corrected chi connectivity index (χ1v) is 13.7. The Hall–Kier alpha value is -1.59. The summed E-state index contributed by atoms with van der Waals surface area (Å²) in [6.07, 6.45) is 4.89. The molecule has 2 aliphatic heterocycles. The highest BCUT2D eigenvalue weighted by Gasteiger charge is 2.52. The Morgan fingerprint density at radius 3 is 0.972 bits per heavy atom. The molecule has 0 aromatic heterocycles. The number of benzene rings is 2. The fourth-order valence-corrected chi connectivity index (χ4v) is 5.57. The molecule has 0 bridgehead atoms. The maximum atomic E-state index is 6.22. The van der Waals surface area contributed by atoms with E-state index in [9.17, 15) is 0 Å². The lowest BCUT2D eigenvalue weighted by Crippen LogP contribution is -2.41. The van der Waals surface area contributed by atoms with E-state index < -0.39 is 0 Å². The first-order valence-electron chi connectivity index (χ1n) is 13.7. The smallest absolute Gasteiger partial charge is 0.399 e. The molecule has 3 fully saturated rings. The summed E-state index contributed by atoms with van der Waals surface area (Å²) in [5, 5.41) is 0. The Kier molecular flexibility index (Phi) is 6.52. The van der Waals surface area contributed by atoms with Crippen molar-refractivity contribution in [3.63, 3.8) is 0 Å². The zero-order valence-electron chi connectivity index (χ0n) is 23.4. The second-order valence-electron chi connectivity index (χ2n) is 13.1. The maximum Gasteiger partial charge on any atom is 0.494 e. The summed E-state index contributed by atoms with van der Waals surface area (Å²) in [6, 6.07) is 17.9. The highest BCUT2D eigenvalue weighted by molar-refractivity contribution is 6.62. The van der Waals surface area contributed by atoms with Gasteiger partial charge in [0.05, 0.1) is 22.4 Å². The SMILES string of the molecule is CC1(C)OB(c2ccc(C3CCC(c4ccc(B5OC(C)(C)C(C)(C)O5)cc4)CC3)cc2)OC1(C)C. The van der Waals surface area contributed by atoms with Gasteiger partial charge in [0.1, 0.15) is 0 Å². The largest absolute Gasteiger partial charge is 0.494 e. The summed E-state index contributed by atoms with van der Waals surface area (Å²) in [4.78, 5) is 0. The normalized spacial score (nSPS) is 28.4. The Morgan fingerprint density at radius 1 is 0.472 bits per heavy atom. The first-order chi connectivity index (χ1) is 16.8. The monoisotopic (exact) mass is 488 g/mol. The predicted octanol–water partition coefficient (Wildman–Crippen LogP) is 5.73. The van der Waals surface area contributed by atoms with Crippen LogP contribution in [0.3, 0.4) is 0 Å². The molecule has 1 aliphatic carbocycles. The van der Waals surface area contributed by atoms with E-state index in [0.717, 1.165) is 10.9 Å². The van der Waals surface area contributed by atoms with Crippen molar-refractivity contribution in [3.05, 3.63) is 59.7 Å². The van der Waals surface area contributed by atoms with Crippen molar-refractivity contribution in [3.8, 4) is 0 Å². The molecule has 0 radical (unpaired) electrons. The molecule has 0 amide bonds. The van der Waals surface area contributed by atoms with E-state index in [1.807, 2.05) is 0 Å². The van der Waals surface area contributed by atoms with Crippen LogP contribution in [0.15, 0.2) is 48.5 Å². The summed E-state index contributed by atoms with van der Waals surface area (Å²) in [5.74, 6) is 1.25. The van der Waals surface area contributed by atoms with Gasteiger partial charge in [-0.2, -0.15) is 0 Å². The molecule has 2 aromatic carbocycles. The quantitative estimate of drug-likeness (QED) is 0.516. The van der Waals surface area contributed by atoms with Gasteiger partial charge in [0.25, 0.3) is 0 Å². The summed E-state index contributed by atoms with van der Waals surface area (Å²) in [7, 11) is -0.583. The van der Waals surface area contributed by atoms with Crippen LogP contribution in [-0.2, 0) is 18.6 Å². The van der Waals surface area contributed by atoms with Gasteiger partial charge in [-0.3, -0.25) is 0 Å². The van der Waals surface area contributed by atoms with Crippen molar-refractivity contribution >= 4 is 25.2 Å². The van der Waals surface area contributed by atoms with Crippen LogP contribution in [0.2, 0.25) is 0 Å². The standard InChI is InChI=1S/C30H42B2O4/c1-27(2)28(3,4)34-31(33-27)25-17-13-23(14-18-25)21-9-11-22(12-10-21)24-15-19-26(20-16-24)32-35-29(5,6)30(7,8)36-32/h13-22H,9-12H2,1-8H3. The number of hydrogen-bond acceptors (Lipinski definition) is 4. The van der Waals surface area contributed by atoms with E-state index in [4.69, 9.17) is 18.6 Å². The average molecular weight is 488 g/mol. The number of hydrogen-bond donors (Lipinski definition) is 0. The van der Waals surface area contributed by atoms with E-state index in [-0.39, 0.29) is 36.6 Å². The fraction of sp³-hybridized carbons (Fsp3) is 0.600. The molecule has 0 atom stereocenters. The predicted molar refractivity (Wildman–Crippen MR) is 148 cm³/mol. The first kappa shape index (κ1) is 26.0.